The SMILES string of the molecule is CCc1cnc(Cn2c(=S)[nH]c3c(C)nn(C)c32)o1. The van der Waals surface area contributed by atoms with Crippen LogP contribution in [0.5, 0.6) is 0 Å². The zero-order valence-electron chi connectivity index (χ0n) is 11.1. The molecule has 6 nitrogen and oxygen atoms in total. The molecule has 0 spiro atoms. The van der Waals surface area contributed by atoms with E-state index >= 15 is 0 Å². The van der Waals surface area contributed by atoms with Crippen molar-refractivity contribution in [3.05, 3.63) is 28.3 Å². The molecule has 0 fully saturated rings. The number of nitrogens with zero attached hydrogens (tertiary/aromatic N) is 4. The summed E-state index contributed by atoms with van der Waals surface area (Å²) >= 11 is 5.36. The highest BCUT2D eigenvalue weighted by Gasteiger charge is 2.14. The second kappa shape index (κ2) is 4.34. The van der Waals surface area contributed by atoms with E-state index in [1.807, 2.05) is 30.1 Å². The number of fused-ring (bicyclic) bond motifs is 1. The second-order valence-corrected chi connectivity index (χ2v) is 4.88. The fourth-order valence-corrected chi connectivity index (χ4v) is 2.49. The molecule has 0 aliphatic rings. The van der Waals surface area contributed by atoms with Gasteiger partial charge in [-0.1, -0.05) is 6.92 Å². The lowest BCUT2D eigenvalue weighted by Crippen LogP contribution is -2.04. The van der Waals surface area contributed by atoms with Crippen LogP contribution >= 0.6 is 12.2 Å². The first-order chi connectivity index (χ1) is 9.10. The number of hydrogen-bond acceptors (Lipinski definition) is 4. The van der Waals surface area contributed by atoms with Gasteiger partial charge in [0.1, 0.15) is 17.8 Å². The molecule has 3 aromatic rings. The van der Waals surface area contributed by atoms with E-state index in [-0.39, 0.29) is 0 Å². The lowest BCUT2D eigenvalue weighted by atomic mass is 10.4. The number of aromatic nitrogens is 5. The molecule has 0 unspecified atom stereocenters. The summed E-state index contributed by atoms with van der Waals surface area (Å²) in [6.45, 7) is 4.50. The molecule has 3 rings (SSSR count). The number of aryl methyl sites for hydroxylation is 3. The van der Waals surface area contributed by atoms with Gasteiger partial charge in [-0.05, 0) is 19.1 Å². The molecule has 0 saturated heterocycles. The predicted molar refractivity (Wildman–Crippen MR) is 73.6 cm³/mol. The van der Waals surface area contributed by atoms with Gasteiger partial charge in [-0.2, -0.15) is 5.10 Å². The number of rotatable bonds is 3. The lowest BCUT2D eigenvalue weighted by molar-refractivity contribution is 0.446. The van der Waals surface area contributed by atoms with Crippen LogP contribution in [0.4, 0.5) is 0 Å². The van der Waals surface area contributed by atoms with Crippen LogP contribution in [0, 0.1) is 11.7 Å². The van der Waals surface area contributed by atoms with E-state index in [9.17, 15) is 0 Å². The molecule has 19 heavy (non-hydrogen) atoms. The molecule has 0 atom stereocenters. The van der Waals surface area contributed by atoms with Gasteiger partial charge in [0.05, 0.1) is 11.9 Å². The van der Waals surface area contributed by atoms with E-state index in [2.05, 4.69) is 15.1 Å². The monoisotopic (exact) mass is 277 g/mol. The van der Waals surface area contributed by atoms with Crippen molar-refractivity contribution in [1.82, 2.24) is 24.3 Å². The van der Waals surface area contributed by atoms with Crippen molar-refractivity contribution >= 4 is 23.4 Å². The lowest BCUT2D eigenvalue weighted by Gasteiger charge is -2.01. The summed E-state index contributed by atoms with van der Waals surface area (Å²) < 4.78 is 10.1. The minimum atomic E-state index is 0.512. The summed E-state index contributed by atoms with van der Waals surface area (Å²) in [5.41, 5.74) is 2.86. The van der Waals surface area contributed by atoms with Crippen LogP contribution < -0.4 is 0 Å². The van der Waals surface area contributed by atoms with Gasteiger partial charge in [0, 0.05) is 13.5 Å². The molecule has 7 heteroatoms. The van der Waals surface area contributed by atoms with Crippen molar-refractivity contribution in [3.8, 4) is 0 Å². The maximum Gasteiger partial charge on any atom is 0.214 e. The topological polar surface area (TPSA) is 64.6 Å². The molecule has 3 aromatic heterocycles. The zero-order valence-corrected chi connectivity index (χ0v) is 11.9. The quantitative estimate of drug-likeness (QED) is 0.746. The number of hydrogen-bond donors (Lipinski definition) is 1. The van der Waals surface area contributed by atoms with Gasteiger partial charge < -0.3 is 9.40 Å². The third kappa shape index (κ3) is 1.90. The van der Waals surface area contributed by atoms with E-state index in [1.165, 1.54) is 0 Å². The van der Waals surface area contributed by atoms with Crippen molar-refractivity contribution in [1.29, 1.82) is 0 Å². The van der Waals surface area contributed by atoms with Crippen LogP contribution in [-0.2, 0) is 20.0 Å². The Balaban J connectivity index is 2.09. The second-order valence-electron chi connectivity index (χ2n) is 4.50. The van der Waals surface area contributed by atoms with Crippen LogP contribution in [0.15, 0.2) is 10.6 Å². The largest absolute Gasteiger partial charge is 0.444 e. The Morgan fingerprint density at radius 1 is 1.47 bits per heavy atom. The number of nitrogens with one attached hydrogen (secondary N) is 1. The molecule has 3 heterocycles. The minimum Gasteiger partial charge on any atom is -0.444 e. The van der Waals surface area contributed by atoms with Gasteiger partial charge in [0.2, 0.25) is 5.89 Å². The first kappa shape index (κ1) is 12.2. The summed E-state index contributed by atoms with van der Waals surface area (Å²) in [6.07, 6.45) is 2.60. The number of imidazole rings is 1. The van der Waals surface area contributed by atoms with Crippen molar-refractivity contribution < 1.29 is 4.42 Å². The van der Waals surface area contributed by atoms with Gasteiger partial charge in [0.25, 0.3) is 0 Å². The molecular formula is C12H15N5OS. The van der Waals surface area contributed by atoms with Crippen LogP contribution in [0.3, 0.4) is 0 Å². The Morgan fingerprint density at radius 2 is 2.26 bits per heavy atom. The van der Waals surface area contributed by atoms with Gasteiger partial charge in [-0.15, -0.1) is 0 Å². The third-order valence-corrected chi connectivity index (χ3v) is 3.49. The Morgan fingerprint density at radius 3 is 2.95 bits per heavy atom. The van der Waals surface area contributed by atoms with Gasteiger partial charge in [-0.25, -0.2) is 4.98 Å². The van der Waals surface area contributed by atoms with Crippen LogP contribution in [0.2, 0.25) is 0 Å². The molecule has 0 aliphatic carbocycles. The first-order valence-electron chi connectivity index (χ1n) is 6.15. The van der Waals surface area contributed by atoms with E-state index in [1.54, 1.807) is 6.20 Å². The normalized spacial score (nSPS) is 11.5. The predicted octanol–water partition coefficient (Wildman–Crippen LogP) is 2.34. The highest BCUT2D eigenvalue weighted by atomic mass is 32.1. The average molecular weight is 277 g/mol. The maximum atomic E-state index is 5.63. The fraction of sp³-hybridized carbons (Fsp3) is 0.417. The molecule has 0 bridgehead atoms. The smallest absolute Gasteiger partial charge is 0.214 e. The number of H-pyrrole nitrogens is 1. The van der Waals surface area contributed by atoms with Crippen molar-refractivity contribution in [3.63, 3.8) is 0 Å². The standard InChI is InChI=1S/C12H15N5OS/c1-4-8-5-13-9(18-8)6-17-11-10(14-12(17)19)7(2)15-16(11)3/h5H,4,6H2,1-3H3,(H,14,19). The van der Waals surface area contributed by atoms with Gasteiger partial charge in [-0.3, -0.25) is 9.25 Å². The van der Waals surface area contributed by atoms with Crippen LogP contribution in [0.1, 0.15) is 24.3 Å². The summed E-state index contributed by atoms with van der Waals surface area (Å²) in [5, 5.41) is 4.38. The average Bonchev–Trinajstić information content (AvgIpc) is 3.01. The Labute approximate surface area is 115 Å². The molecule has 0 amide bonds. The maximum absolute atomic E-state index is 5.63. The molecule has 100 valence electrons. The van der Waals surface area contributed by atoms with E-state index < -0.39 is 0 Å². The Hall–Kier alpha value is -1.89. The molecule has 1 N–H and O–H groups in total. The molecule has 0 aliphatic heterocycles. The van der Waals surface area contributed by atoms with Crippen molar-refractivity contribution in [2.75, 3.05) is 0 Å². The number of aromatic amines is 1. The molecule has 0 saturated carbocycles. The molecular weight excluding hydrogens is 262 g/mol. The highest BCUT2D eigenvalue weighted by molar-refractivity contribution is 7.71. The van der Waals surface area contributed by atoms with Crippen molar-refractivity contribution in [2.24, 2.45) is 7.05 Å². The highest BCUT2D eigenvalue weighted by Crippen LogP contribution is 2.18. The first-order valence-corrected chi connectivity index (χ1v) is 6.56. The van der Waals surface area contributed by atoms with E-state index in [0.29, 0.717) is 17.2 Å². The van der Waals surface area contributed by atoms with Crippen molar-refractivity contribution in [2.45, 2.75) is 26.8 Å². The Kier molecular flexibility index (Phi) is 2.78. The summed E-state index contributed by atoms with van der Waals surface area (Å²) in [4.78, 5) is 7.45. The molecule has 0 aromatic carbocycles. The van der Waals surface area contributed by atoms with E-state index in [0.717, 1.165) is 29.0 Å². The van der Waals surface area contributed by atoms with Crippen LogP contribution in [0.25, 0.3) is 11.2 Å². The summed E-state index contributed by atoms with van der Waals surface area (Å²) in [6, 6.07) is 0. The third-order valence-electron chi connectivity index (χ3n) is 3.17. The van der Waals surface area contributed by atoms with Gasteiger partial charge in [0.15, 0.2) is 10.4 Å². The van der Waals surface area contributed by atoms with Gasteiger partial charge >= 0.3 is 0 Å². The summed E-state index contributed by atoms with van der Waals surface area (Å²) in [5.74, 6) is 1.54. The fourth-order valence-electron chi connectivity index (χ4n) is 2.24. The Bertz CT molecular complexity index is 791. The van der Waals surface area contributed by atoms with Crippen LogP contribution in [-0.4, -0.2) is 24.3 Å². The number of oxazole rings is 1. The summed E-state index contributed by atoms with van der Waals surface area (Å²) in [7, 11) is 1.90. The van der Waals surface area contributed by atoms with E-state index in [4.69, 9.17) is 16.6 Å². The zero-order chi connectivity index (χ0) is 13.6. The minimum absolute atomic E-state index is 0.512. The molecule has 0 radical (unpaired) electrons.